The Hall–Kier alpha value is -2.89. The van der Waals surface area contributed by atoms with Crippen molar-refractivity contribution in [2.75, 3.05) is 31.0 Å². The van der Waals surface area contributed by atoms with Crippen LogP contribution in [0, 0.1) is 5.82 Å². The number of halogens is 1. The summed E-state index contributed by atoms with van der Waals surface area (Å²) in [5, 5.41) is 4.14. The van der Waals surface area contributed by atoms with Crippen molar-refractivity contribution in [1.82, 2.24) is 0 Å². The molecule has 6 heteroatoms. The zero-order valence-electron chi connectivity index (χ0n) is 14.6. The smallest absolute Gasteiger partial charge is 0.354 e. The van der Waals surface area contributed by atoms with E-state index < -0.39 is 5.97 Å². The van der Waals surface area contributed by atoms with E-state index in [1.54, 1.807) is 25.1 Å². The molecule has 0 atom stereocenters. The van der Waals surface area contributed by atoms with E-state index in [0.717, 1.165) is 11.4 Å². The average molecular weight is 343 g/mol. The summed E-state index contributed by atoms with van der Waals surface area (Å²) in [6.07, 6.45) is 0.0499. The van der Waals surface area contributed by atoms with Gasteiger partial charge in [-0.2, -0.15) is 5.10 Å². The summed E-state index contributed by atoms with van der Waals surface area (Å²) in [6, 6.07) is 13.9. The van der Waals surface area contributed by atoms with Gasteiger partial charge in [-0.1, -0.05) is 18.2 Å². The van der Waals surface area contributed by atoms with Crippen LogP contribution in [0.25, 0.3) is 0 Å². The molecule has 0 heterocycles. The van der Waals surface area contributed by atoms with Gasteiger partial charge in [-0.05, 0) is 42.8 Å². The van der Waals surface area contributed by atoms with Crippen LogP contribution in [0.2, 0.25) is 0 Å². The Morgan fingerprint density at radius 2 is 1.84 bits per heavy atom. The van der Waals surface area contributed by atoms with Crippen LogP contribution < -0.4 is 10.3 Å². The van der Waals surface area contributed by atoms with E-state index in [0.29, 0.717) is 5.56 Å². The predicted molar refractivity (Wildman–Crippen MR) is 98.6 cm³/mol. The molecule has 2 aromatic rings. The first-order valence-corrected chi connectivity index (χ1v) is 8.01. The van der Waals surface area contributed by atoms with Crippen LogP contribution in [0.15, 0.2) is 53.6 Å². The zero-order chi connectivity index (χ0) is 18.2. The van der Waals surface area contributed by atoms with Gasteiger partial charge in [-0.3, -0.25) is 5.43 Å². The van der Waals surface area contributed by atoms with E-state index in [4.69, 9.17) is 4.74 Å². The Bertz CT molecular complexity index is 743. The van der Waals surface area contributed by atoms with E-state index in [-0.39, 0.29) is 24.6 Å². The Labute approximate surface area is 147 Å². The molecule has 132 valence electrons. The number of anilines is 2. The lowest BCUT2D eigenvalue weighted by Gasteiger charge is -2.12. The van der Waals surface area contributed by atoms with E-state index in [1.807, 2.05) is 43.3 Å². The van der Waals surface area contributed by atoms with Gasteiger partial charge in [0.1, 0.15) is 11.5 Å². The summed E-state index contributed by atoms with van der Waals surface area (Å²) < 4.78 is 18.9. The van der Waals surface area contributed by atoms with Crippen molar-refractivity contribution >= 4 is 23.1 Å². The van der Waals surface area contributed by atoms with Crippen molar-refractivity contribution < 1.29 is 13.9 Å². The van der Waals surface area contributed by atoms with Crippen LogP contribution in [-0.2, 0) is 16.0 Å². The SMILES string of the molecule is CCOC(=O)C(Cc1ccccc1F)=NNc1ccc(N(C)C)cc1. The van der Waals surface area contributed by atoms with Gasteiger partial charge in [0.15, 0.2) is 0 Å². The van der Waals surface area contributed by atoms with Crippen molar-refractivity contribution in [3.8, 4) is 0 Å². The van der Waals surface area contributed by atoms with Gasteiger partial charge in [0.2, 0.25) is 0 Å². The highest BCUT2D eigenvalue weighted by Gasteiger charge is 2.16. The highest BCUT2D eigenvalue weighted by molar-refractivity contribution is 6.37. The molecule has 0 fully saturated rings. The predicted octanol–water partition coefficient (Wildman–Crippen LogP) is 3.47. The molecule has 0 saturated heterocycles. The molecule has 0 bridgehead atoms. The van der Waals surface area contributed by atoms with E-state index in [9.17, 15) is 9.18 Å². The number of carbonyl (C=O) groups excluding carboxylic acids is 1. The number of hydrogen-bond donors (Lipinski definition) is 1. The number of esters is 1. The molecule has 2 aromatic carbocycles. The van der Waals surface area contributed by atoms with Gasteiger partial charge < -0.3 is 9.64 Å². The fourth-order valence-corrected chi connectivity index (χ4v) is 2.16. The molecule has 25 heavy (non-hydrogen) atoms. The normalized spacial score (nSPS) is 11.1. The van der Waals surface area contributed by atoms with Crippen LogP contribution in [-0.4, -0.2) is 32.4 Å². The molecule has 0 saturated carbocycles. The molecule has 2 rings (SSSR count). The van der Waals surface area contributed by atoms with Crippen LogP contribution in [0.4, 0.5) is 15.8 Å². The molecule has 0 aliphatic heterocycles. The first kappa shape index (κ1) is 18.4. The minimum Gasteiger partial charge on any atom is -0.461 e. The van der Waals surface area contributed by atoms with Gasteiger partial charge in [0.05, 0.1) is 12.3 Å². The maximum Gasteiger partial charge on any atom is 0.354 e. The summed E-state index contributed by atoms with van der Waals surface area (Å²) in [5.74, 6) is -0.946. The molecular weight excluding hydrogens is 321 g/mol. The summed E-state index contributed by atoms with van der Waals surface area (Å²) in [5.41, 5.74) is 5.11. The van der Waals surface area contributed by atoms with Gasteiger partial charge in [0, 0.05) is 26.2 Å². The minimum atomic E-state index is -0.567. The van der Waals surface area contributed by atoms with Gasteiger partial charge in [-0.25, -0.2) is 9.18 Å². The maximum absolute atomic E-state index is 13.9. The number of carbonyl (C=O) groups is 1. The number of benzene rings is 2. The molecular formula is C19H22FN3O2. The van der Waals surface area contributed by atoms with Gasteiger partial charge >= 0.3 is 5.97 Å². The topological polar surface area (TPSA) is 53.9 Å². The van der Waals surface area contributed by atoms with Crippen molar-refractivity contribution in [2.24, 2.45) is 5.10 Å². The van der Waals surface area contributed by atoms with E-state index in [2.05, 4.69) is 10.5 Å². The Kier molecular flexibility index (Phi) is 6.51. The number of nitrogens with one attached hydrogen (secondary N) is 1. The largest absolute Gasteiger partial charge is 0.461 e. The second-order valence-electron chi connectivity index (χ2n) is 5.60. The number of hydrazone groups is 1. The monoisotopic (exact) mass is 343 g/mol. The van der Waals surface area contributed by atoms with Crippen LogP contribution >= 0.6 is 0 Å². The Morgan fingerprint density at radius 1 is 1.16 bits per heavy atom. The summed E-state index contributed by atoms with van der Waals surface area (Å²) in [7, 11) is 3.90. The Balaban J connectivity index is 2.18. The first-order valence-electron chi connectivity index (χ1n) is 8.01. The summed E-state index contributed by atoms with van der Waals surface area (Å²) in [4.78, 5) is 14.1. The van der Waals surface area contributed by atoms with E-state index >= 15 is 0 Å². The van der Waals surface area contributed by atoms with Crippen molar-refractivity contribution in [3.63, 3.8) is 0 Å². The molecule has 0 aliphatic carbocycles. The third-order valence-corrected chi connectivity index (χ3v) is 3.53. The molecule has 0 aromatic heterocycles. The molecule has 0 aliphatic rings. The van der Waals surface area contributed by atoms with Crippen molar-refractivity contribution in [1.29, 1.82) is 0 Å². The highest BCUT2D eigenvalue weighted by Crippen LogP contribution is 2.16. The van der Waals surface area contributed by atoms with E-state index in [1.165, 1.54) is 6.07 Å². The molecule has 5 nitrogen and oxygen atoms in total. The summed E-state index contributed by atoms with van der Waals surface area (Å²) >= 11 is 0. The number of ether oxygens (including phenoxy) is 1. The van der Waals surface area contributed by atoms with Crippen molar-refractivity contribution in [3.05, 3.63) is 59.9 Å². The van der Waals surface area contributed by atoms with Gasteiger partial charge in [-0.15, -0.1) is 0 Å². The van der Waals surface area contributed by atoms with Crippen LogP contribution in [0.3, 0.4) is 0 Å². The average Bonchev–Trinajstić information content (AvgIpc) is 2.60. The molecule has 0 amide bonds. The lowest BCUT2D eigenvalue weighted by atomic mass is 10.1. The second kappa shape index (κ2) is 8.82. The molecule has 0 radical (unpaired) electrons. The quantitative estimate of drug-likeness (QED) is 0.475. The lowest BCUT2D eigenvalue weighted by molar-refractivity contribution is -0.135. The fraction of sp³-hybridized carbons (Fsp3) is 0.263. The maximum atomic E-state index is 13.9. The minimum absolute atomic E-state index is 0.0499. The Morgan fingerprint density at radius 3 is 2.44 bits per heavy atom. The third-order valence-electron chi connectivity index (χ3n) is 3.53. The molecule has 0 spiro atoms. The molecule has 1 N–H and O–H groups in total. The highest BCUT2D eigenvalue weighted by atomic mass is 19.1. The van der Waals surface area contributed by atoms with Crippen LogP contribution in [0.1, 0.15) is 12.5 Å². The van der Waals surface area contributed by atoms with Gasteiger partial charge in [0.25, 0.3) is 0 Å². The summed E-state index contributed by atoms with van der Waals surface area (Å²) in [6.45, 7) is 1.94. The third kappa shape index (κ3) is 5.31. The zero-order valence-corrected chi connectivity index (χ0v) is 14.6. The first-order chi connectivity index (χ1) is 12.0. The second-order valence-corrected chi connectivity index (χ2v) is 5.60. The number of nitrogens with zero attached hydrogens (tertiary/aromatic N) is 2. The van der Waals surface area contributed by atoms with Crippen molar-refractivity contribution in [2.45, 2.75) is 13.3 Å². The molecule has 0 unspecified atom stereocenters. The van der Waals surface area contributed by atoms with Crippen LogP contribution in [0.5, 0.6) is 0 Å². The number of rotatable bonds is 7. The fourth-order valence-electron chi connectivity index (χ4n) is 2.16. The number of hydrogen-bond acceptors (Lipinski definition) is 5. The lowest BCUT2D eigenvalue weighted by Crippen LogP contribution is -2.22. The standard InChI is InChI=1S/C19H22FN3O2/c1-4-25-19(24)18(13-14-7-5-6-8-17(14)20)22-21-15-9-11-16(12-10-15)23(2)3/h5-12,21H,4,13H2,1-3H3.